The minimum Gasteiger partial charge on any atom is -1.00 e. The van der Waals surface area contributed by atoms with Crippen LogP contribution in [0.2, 0.25) is 0 Å². The Morgan fingerprint density at radius 2 is 1.05 bits per heavy atom. The van der Waals surface area contributed by atoms with Crippen LogP contribution < -0.4 is 35.5 Å². The summed E-state index contributed by atoms with van der Waals surface area (Å²) in [7, 11) is -4.67. The first-order valence-electron chi connectivity index (χ1n) is 12.6. The number of unbranched alkanes of at least 4 members (excludes halogenated alkanes) is 4. The van der Waals surface area contributed by atoms with Crippen molar-refractivity contribution in [2.24, 2.45) is 5.73 Å². The molecule has 245 valence electrons. The van der Waals surface area contributed by atoms with E-state index in [1.807, 2.05) is 0 Å². The minimum atomic E-state index is -3.67. The molecule has 2 aromatic rings. The molecular formula is C23H49B2F8N6O2. The second-order valence-electron chi connectivity index (χ2n) is 7.84. The highest BCUT2D eigenvalue weighted by Crippen LogP contribution is 1.95. The zero-order chi connectivity index (χ0) is 28.9. The molecule has 0 aliphatic heterocycles. The van der Waals surface area contributed by atoms with Crippen LogP contribution in [0.1, 0.15) is 79.1 Å². The summed E-state index contributed by atoms with van der Waals surface area (Å²) in [5.41, 5.74) is 3.92. The van der Waals surface area contributed by atoms with Gasteiger partial charge in [-0.05, 0) is 25.7 Å². The Bertz CT molecular complexity index is 649. The quantitative estimate of drug-likeness (QED) is 0.180. The predicted octanol–water partition coefficient (Wildman–Crippen LogP) is -1.08. The van der Waals surface area contributed by atoms with Gasteiger partial charge in [0.1, 0.15) is 30.9 Å². The molecule has 0 aliphatic carbocycles. The van der Waals surface area contributed by atoms with Crippen LogP contribution in [0.5, 0.6) is 0 Å². The third-order valence-electron chi connectivity index (χ3n) is 4.57. The lowest BCUT2D eigenvalue weighted by atomic mass is 10.3. The molecule has 1 amide bonds. The molecule has 2 heterocycles. The van der Waals surface area contributed by atoms with Crippen molar-refractivity contribution < 1.29 is 54.7 Å². The molecule has 0 atom stereocenters. The van der Waals surface area contributed by atoms with Gasteiger partial charge in [0.25, 0.3) is 0 Å². The van der Waals surface area contributed by atoms with Gasteiger partial charge in [0, 0.05) is 0 Å². The highest BCUT2D eigenvalue weighted by Gasteiger charge is 2.06. The molecule has 8 nitrogen and oxygen atoms in total. The van der Waals surface area contributed by atoms with Crippen LogP contribution >= 0.6 is 0 Å². The molecule has 0 aromatic carbocycles. The summed E-state index contributed by atoms with van der Waals surface area (Å²) < 4.78 is 57.1. The van der Waals surface area contributed by atoms with E-state index in [-0.39, 0.29) is 20.3 Å². The van der Waals surface area contributed by atoms with Gasteiger partial charge in [0.15, 0.2) is 0 Å². The Kier molecular flexibility index (Phi) is 55.2. The van der Waals surface area contributed by atoms with Gasteiger partial charge in [-0.3, -0.25) is 26.3 Å². The third kappa shape index (κ3) is 47.4. The molecule has 0 fully saturated rings. The van der Waals surface area contributed by atoms with Crippen molar-refractivity contribution in [3.63, 3.8) is 0 Å². The number of aromatic nitrogens is 4. The number of carbonyl (C=O) groups is 1. The standard InChI is InChI=1S/2C11H21N2.CH3NO2.BF3.BF2.3FH.H3N/c2*1-3-5-7-12-9-10-13(11-12)8-6-4-2;2*2-1(3)4;2-1-3;;;;/h2*9-11H,3-8H2,1-2H3;2H2,(H,3,4);;;3*1H;1H3/q2*+1;;;;;;;/p-2. The fourth-order valence-corrected chi connectivity index (χ4v) is 2.77. The number of primary amides is 1. The first-order chi connectivity index (χ1) is 17.6. The molecule has 0 bridgehead atoms. The van der Waals surface area contributed by atoms with Gasteiger partial charge < -0.3 is 31.2 Å². The van der Waals surface area contributed by atoms with Crippen molar-refractivity contribution in [1.29, 1.82) is 0 Å². The van der Waals surface area contributed by atoms with Gasteiger partial charge >= 0.3 is 15.4 Å². The summed E-state index contributed by atoms with van der Waals surface area (Å²) in [5, 5.41) is 8.67. The smallest absolute Gasteiger partial charge is 0.762 e. The van der Waals surface area contributed by atoms with Crippen molar-refractivity contribution in [3.05, 3.63) is 37.4 Å². The van der Waals surface area contributed by atoms with E-state index >= 15 is 0 Å². The van der Waals surface area contributed by atoms with Gasteiger partial charge in [-0.25, -0.2) is 18.3 Å². The van der Waals surface area contributed by atoms with Gasteiger partial charge in [0.05, 0.1) is 26.2 Å². The van der Waals surface area contributed by atoms with Gasteiger partial charge in [-0.15, -0.1) is 0 Å². The summed E-state index contributed by atoms with van der Waals surface area (Å²) in [6, 6.07) is 0. The Morgan fingerprint density at radius 3 is 1.27 bits per heavy atom. The van der Waals surface area contributed by atoms with E-state index in [0.29, 0.717) is 0 Å². The molecule has 0 unspecified atom stereocenters. The number of hydrogen-bond acceptors (Lipinski definition) is 2. The summed E-state index contributed by atoms with van der Waals surface area (Å²) >= 11 is 0. The SMILES string of the molecule is CCCCn1cc[n+](CCCC)c1.CCCCn1cc[n+](CCCC)c1.F.FB(F)F.F[B]F.NC(=O)[O-].[F-].[F-].[NH4+]. The summed E-state index contributed by atoms with van der Waals surface area (Å²) in [6.45, 7) is 13.6. The monoisotopic (exact) mass is 615 g/mol. The second-order valence-corrected chi connectivity index (χ2v) is 7.84. The summed E-state index contributed by atoms with van der Waals surface area (Å²) in [6.07, 6.45) is 21.7. The largest absolute Gasteiger partial charge is 1.00 e. The maximum atomic E-state index is 9.67. The molecule has 0 spiro atoms. The number of rotatable bonds is 12. The summed E-state index contributed by atoms with van der Waals surface area (Å²) in [5.74, 6) is 0. The average molecular weight is 615 g/mol. The van der Waals surface area contributed by atoms with Gasteiger partial charge in [0.2, 0.25) is 12.7 Å². The van der Waals surface area contributed by atoms with E-state index in [1.165, 1.54) is 51.4 Å². The average Bonchev–Trinajstić information content (AvgIpc) is 3.48. The Balaban J connectivity index is -0.0000000777. The van der Waals surface area contributed by atoms with Crippen molar-refractivity contribution in [2.45, 2.75) is 105 Å². The highest BCUT2D eigenvalue weighted by atomic mass is 19.4. The topological polar surface area (TPSA) is 120 Å². The molecule has 2 rings (SSSR count). The normalized spacial score (nSPS) is 8.32. The lowest BCUT2D eigenvalue weighted by Crippen LogP contribution is -3.00. The third-order valence-corrected chi connectivity index (χ3v) is 4.57. The minimum absolute atomic E-state index is 0. The number of nitrogens with zero attached hydrogens (tertiary/aromatic N) is 4. The Morgan fingerprint density at radius 1 is 0.805 bits per heavy atom. The maximum absolute atomic E-state index is 9.67. The van der Waals surface area contributed by atoms with Gasteiger partial charge in [-0.2, -0.15) is 0 Å². The molecule has 6 N–H and O–H groups in total. The van der Waals surface area contributed by atoms with E-state index in [2.05, 4.69) is 89.1 Å². The number of aryl methyl sites for hydroxylation is 4. The molecule has 0 saturated heterocycles. The van der Waals surface area contributed by atoms with Crippen molar-refractivity contribution in [1.82, 2.24) is 15.3 Å². The predicted molar refractivity (Wildman–Crippen MR) is 144 cm³/mol. The van der Waals surface area contributed by atoms with E-state index < -0.39 is 21.5 Å². The number of carbonyl (C=O) groups excluding carboxylic acids is 1. The molecule has 0 saturated carbocycles. The van der Waals surface area contributed by atoms with Crippen LogP contribution in [-0.2, 0) is 26.2 Å². The van der Waals surface area contributed by atoms with Crippen LogP contribution in [0.4, 0.5) is 31.1 Å². The number of imidazole rings is 2. The number of amides is 1. The number of quaternary nitrogens is 1. The molecule has 41 heavy (non-hydrogen) atoms. The second kappa shape index (κ2) is 41.7. The van der Waals surface area contributed by atoms with E-state index in [9.17, 15) is 21.6 Å². The van der Waals surface area contributed by atoms with Crippen molar-refractivity contribution in [2.75, 3.05) is 0 Å². The maximum Gasteiger partial charge on any atom is 0.762 e. The lowest BCUT2D eigenvalue weighted by Gasteiger charge is -1.93. The van der Waals surface area contributed by atoms with Crippen LogP contribution in [0.25, 0.3) is 0 Å². The number of hydrogen-bond donors (Lipinski definition) is 2. The number of halogens is 8. The fraction of sp³-hybridized carbons (Fsp3) is 0.696. The zero-order valence-corrected chi connectivity index (χ0v) is 24.8. The van der Waals surface area contributed by atoms with Crippen LogP contribution in [0.15, 0.2) is 37.4 Å². The zero-order valence-electron chi connectivity index (χ0n) is 24.8. The molecule has 18 heteroatoms. The number of nitrogens with two attached hydrogens (primary N) is 1. The highest BCUT2D eigenvalue weighted by molar-refractivity contribution is 6.33. The van der Waals surface area contributed by atoms with Crippen LogP contribution in [0, 0.1) is 0 Å². The van der Waals surface area contributed by atoms with E-state index in [0.717, 1.165) is 26.2 Å². The van der Waals surface area contributed by atoms with Crippen molar-refractivity contribution in [3.8, 4) is 0 Å². The molecular weight excluding hydrogens is 566 g/mol. The first-order valence-corrected chi connectivity index (χ1v) is 12.6. The van der Waals surface area contributed by atoms with Crippen molar-refractivity contribution >= 4 is 21.5 Å². The number of carboxylic acid groups (broad SMARTS) is 1. The first kappa shape index (κ1) is 54.3. The molecule has 1 radical (unpaired) electrons. The van der Waals surface area contributed by atoms with Crippen LogP contribution in [-0.4, -0.2) is 30.6 Å². The molecule has 2 aromatic heterocycles. The Hall–Kier alpha value is -2.78. The van der Waals surface area contributed by atoms with E-state index in [4.69, 9.17) is 9.90 Å². The Labute approximate surface area is 240 Å². The van der Waals surface area contributed by atoms with E-state index in [1.54, 1.807) is 0 Å². The summed E-state index contributed by atoms with van der Waals surface area (Å²) in [4.78, 5) is 8.67. The van der Waals surface area contributed by atoms with Gasteiger partial charge in [-0.1, -0.05) is 53.4 Å². The fourth-order valence-electron chi connectivity index (χ4n) is 2.77. The molecule has 0 aliphatic rings. The van der Waals surface area contributed by atoms with Crippen LogP contribution in [0.3, 0.4) is 0 Å². The lowest BCUT2D eigenvalue weighted by molar-refractivity contribution is -0.697.